The number of aryl methyl sites for hydroxylation is 1. The van der Waals surface area contributed by atoms with Crippen LogP contribution in [0.5, 0.6) is 0 Å². The van der Waals surface area contributed by atoms with Crippen LogP contribution in [0, 0.1) is 6.92 Å². The molecule has 0 radical (unpaired) electrons. The second-order valence-corrected chi connectivity index (χ2v) is 7.57. The Morgan fingerprint density at radius 2 is 2.00 bits per heavy atom. The zero-order valence-corrected chi connectivity index (χ0v) is 17.1. The molecule has 0 bridgehead atoms. The van der Waals surface area contributed by atoms with Crippen LogP contribution in [0.15, 0.2) is 46.9 Å². The molecule has 1 aromatic carbocycles. The lowest BCUT2D eigenvalue weighted by Gasteiger charge is -2.36. The first-order valence-corrected chi connectivity index (χ1v) is 10.5. The maximum atomic E-state index is 4.84. The van der Waals surface area contributed by atoms with E-state index in [1.165, 1.54) is 10.4 Å². The summed E-state index contributed by atoms with van der Waals surface area (Å²) in [6.45, 7) is 10.9. The second-order valence-electron chi connectivity index (χ2n) is 6.63. The lowest BCUT2D eigenvalue weighted by molar-refractivity contribution is 0.194. The Bertz CT molecular complexity index is 745. The molecule has 0 saturated carbocycles. The lowest BCUT2D eigenvalue weighted by atomic mass is 10.2. The number of piperazine rings is 1. The third kappa shape index (κ3) is 5.91. The van der Waals surface area contributed by atoms with Crippen molar-refractivity contribution < 1.29 is 0 Å². The summed E-state index contributed by atoms with van der Waals surface area (Å²) in [7, 11) is 0. The van der Waals surface area contributed by atoms with Crippen LogP contribution in [-0.4, -0.2) is 60.0 Å². The van der Waals surface area contributed by atoms with Gasteiger partial charge in [0.05, 0.1) is 17.7 Å². The number of aliphatic imine (C=N–C) groups is 1. The van der Waals surface area contributed by atoms with E-state index in [-0.39, 0.29) is 0 Å². The second kappa shape index (κ2) is 10.2. The molecule has 0 aliphatic carbocycles. The molecule has 2 aromatic rings. The molecule has 2 heterocycles. The van der Waals surface area contributed by atoms with Gasteiger partial charge >= 0.3 is 0 Å². The van der Waals surface area contributed by atoms with E-state index < -0.39 is 0 Å². The minimum Gasteiger partial charge on any atom is -0.357 e. The molecule has 1 fully saturated rings. The smallest absolute Gasteiger partial charge is 0.194 e. The Balaban J connectivity index is 1.50. The van der Waals surface area contributed by atoms with Crippen LogP contribution in [0.1, 0.15) is 23.1 Å². The number of rotatable bonds is 6. The van der Waals surface area contributed by atoms with Crippen molar-refractivity contribution in [2.75, 3.05) is 39.3 Å². The van der Waals surface area contributed by atoms with Gasteiger partial charge in [0.1, 0.15) is 0 Å². The fourth-order valence-electron chi connectivity index (χ4n) is 3.09. The average Bonchev–Trinajstić information content (AvgIpc) is 3.11. The van der Waals surface area contributed by atoms with Crippen molar-refractivity contribution in [2.45, 2.75) is 20.4 Å². The number of benzene rings is 1. The molecule has 1 N–H and O–H groups in total. The first kappa shape index (κ1) is 19.6. The van der Waals surface area contributed by atoms with Gasteiger partial charge in [0.25, 0.3) is 0 Å². The molecule has 6 heteroatoms. The first-order chi connectivity index (χ1) is 13.3. The van der Waals surface area contributed by atoms with E-state index in [4.69, 9.17) is 4.99 Å². The van der Waals surface area contributed by atoms with E-state index in [1.807, 2.05) is 5.51 Å². The van der Waals surface area contributed by atoms with Crippen molar-refractivity contribution in [3.63, 3.8) is 0 Å². The summed E-state index contributed by atoms with van der Waals surface area (Å²) in [5.74, 6) is 1.02. The highest BCUT2D eigenvalue weighted by molar-refractivity contribution is 7.09. The molecule has 0 atom stereocenters. The molecule has 27 heavy (non-hydrogen) atoms. The number of guanidine groups is 1. The molecule has 1 aliphatic rings. The zero-order valence-electron chi connectivity index (χ0n) is 16.3. The van der Waals surface area contributed by atoms with E-state index in [0.29, 0.717) is 6.54 Å². The molecule has 0 spiro atoms. The van der Waals surface area contributed by atoms with Gasteiger partial charge in [-0.25, -0.2) is 9.98 Å². The highest BCUT2D eigenvalue weighted by atomic mass is 32.1. The number of hydrogen-bond donors (Lipinski definition) is 1. The summed E-state index contributed by atoms with van der Waals surface area (Å²) in [4.78, 5) is 15.3. The van der Waals surface area contributed by atoms with E-state index >= 15 is 0 Å². The van der Waals surface area contributed by atoms with E-state index in [1.54, 1.807) is 11.3 Å². The van der Waals surface area contributed by atoms with Crippen molar-refractivity contribution in [1.29, 1.82) is 0 Å². The van der Waals surface area contributed by atoms with Crippen LogP contribution in [0.3, 0.4) is 0 Å². The zero-order chi connectivity index (χ0) is 18.9. The van der Waals surface area contributed by atoms with Crippen molar-refractivity contribution in [1.82, 2.24) is 20.1 Å². The summed E-state index contributed by atoms with van der Waals surface area (Å²) in [6, 6.07) is 10.5. The number of hydrogen-bond acceptors (Lipinski definition) is 4. The molecule has 5 nitrogen and oxygen atoms in total. The van der Waals surface area contributed by atoms with Gasteiger partial charge in [-0.3, -0.25) is 4.90 Å². The van der Waals surface area contributed by atoms with Gasteiger partial charge < -0.3 is 10.2 Å². The number of nitrogens with one attached hydrogen (secondary N) is 1. The van der Waals surface area contributed by atoms with Gasteiger partial charge in [-0.2, -0.15) is 0 Å². The molecule has 0 unspecified atom stereocenters. The minimum atomic E-state index is 0.707. The van der Waals surface area contributed by atoms with Gasteiger partial charge in [0.15, 0.2) is 5.96 Å². The normalized spacial score (nSPS) is 16.2. The van der Waals surface area contributed by atoms with Crippen molar-refractivity contribution in [3.05, 3.63) is 58.1 Å². The molecule has 0 amide bonds. The predicted molar refractivity (Wildman–Crippen MR) is 115 cm³/mol. The number of nitrogens with zero attached hydrogens (tertiary/aromatic N) is 4. The van der Waals surface area contributed by atoms with Crippen LogP contribution >= 0.6 is 11.3 Å². The largest absolute Gasteiger partial charge is 0.357 e. The van der Waals surface area contributed by atoms with Crippen molar-refractivity contribution >= 4 is 23.4 Å². The number of thiazole rings is 1. The summed E-state index contributed by atoms with van der Waals surface area (Å²) in [6.07, 6.45) is 4.46. The standard InChI is InChI=1S/C21H29N5S/c1-3-22-21(23-16-20-18(2)24-17-27-20)26-14-12-25(13-15-26)11-7-10-19-8-5-4-6-9-19/h4-10,17H,3,11-16H2,1-2H3,(H,22,23)/b10-7+. The summed E-state index contributed by atoms with van der Waals surface area (Å²) in [5, 5.41) is 3.44. The fraction of sp³-hybridized carbons (Fsp3) is 0.429. The average molecular weight is 384 g/mol. The van der Waals surface area contributed by atoms with E-state index in [2.05, 4.69) is 76.4 Å². The maximum absolute atomic E-state index is 4.84. The molecule has 1 aliphatic heterocycles. The van der Waals surface area contributed by atoms with Gasteiger partial charge in [-0.1, -0.05) is 42.5 Å². The number of aromatic nitrogens is 1. The van der Waals surface area contributed by atoms with Crippen LogP contribution < -0.4 is 5.32 Å². The minimum absolute atomic E-state index is 0.707. The van der Waals surface area contributed by atoms with Gasteiger partial charge in [-0.05, 0) is 19.4 Å². The van der Waals surface area contributed by atoms with E-state index in [0.717, 1.165) is 50.9 Å². The Kier molecular flexibility index (Phi) is 7.42. The van der Waals surface area contributed by atoms with Crippen LogP contribution in [0.2, 0.25) is 0 Å². The third-order valence-electron chi connectivity index (χ3n) is 4.70. The first-order valence-electron chi connectivity index (χ1n) is 9.62. The summed E-state index contributed by atoms with van der Waals surface area (Å²) >= 11 is 1.68. The van der Waals surface area contributed by atoms with Crippen LogP contribution in [0.25, 0.3) is 6.08 Å². The molecule has 3 rings (SSSR count). The Hall–Kier alpha value is -2.18. The molecule has 1 aromatic heterocycles. The molecule has 1 saturated heterocycles. The topological polar surface area (TPSA) is 43.8 Å². The van der Waals surface area contributed by atoms with E-state index in [9.17, 15) is 0 Å². The summed E-state index contributed by atoms with van der Waals surface area (Å²) < 4.78 is 0. The highest BCUT2D eigenvalue weighted by Gasteiger charge is 2.18. The fourth-order valence-corrected chi connectivity index (χ4v) is 3.80. The van der Waals surface area contributed by atoms with Crippen molar-refractivity contribution in [2.24, 2.45) is 4.99 Å². The third-order valence-corrected chi connectivity index (χ3v) is 5.62. The summed E-state index contributed by atoms with van der Waals surface area (Å²) in [5.41, 5.74) is 4.25. The Labute approximate surface area is 166 Å². The molecule has 144 valence electrons. The van der Waals surface area contributed by atoms with Crippen molar-refractivity contribution in [3.8, 4) is 0 Å². The SMILES string of the molecule is CCNC(=NCc1scnc1C)N1CCN(C/C=C/c2ccccc2)CC1. The quantitative estimate of drug-likeness (QED) is 0.614. The predicted octanol–water partition coefficient (Wildman–Crippen LogP) is 3.25. The Morgan fingerprint density at radius 1 is 1.22 bits per heavy atom. The Morgan fingerprint density at radius 3 is 2.67 bits per heavy atom. The van der Waals surface area contributed by atoms with Crippen LogP contribution in [-0.2, 0) is 6.54 Å². The molecular weight excluding hydrogens is 354 g/mol. The van der Waals surface area contributed by atoms with Gasteiger partial charge in [0.2, 0.25) is 0 Å². The maximum Gasteiger partial charge on any atom is 0.194 e. The molecular formula is C21H29N5S. The van der Waals surface area contributed by atoms with Crippen LogP contribution in [0.4, 0.5) is 0 Å². The highest BCUT2D eigenvalue weighted by Crippen LogP contribution is 2.13. The lowest BCUT2D eigenvalue weighted by Crippen LogP contribution is -2.52. The van der Waals surface area contributed by atoms with Gasteiger partial charge in [-0.15, -0.1) is 11.3 Å². The monoisotopic (exact) mass is 383 g/mol. The van der Waals surface area contributed by atoms with Gasteiger partial charge in [0, 0.05) is 44.1 Å².